The number of hydrogen-bond acceptors (Lipinski definition) is 7. The Morgan fingerprint density at radius 2 is 2.13 bits per heavy atom. The topological polar surface area (TPSA) is 123 Å². The van der Waals surface area contributed by atoms with Crippen LogP contribution in [0.25, 0.3) is 11.1 Å². The first-order valence-corrected chi connectivity index (χ1v) is 10.4. The number of hydrogen-bond donors (Lipinski definition) is 3. The van der Waals surface area contributed by atoms with Crippen LogP contribution in [0.4, 0.5) is 17.3 Å². The molecule has 30 heavy (non-hydrogen) atoms. The number of amides is 1. The van der Waals surface area contributed by atoms with E-state index in [0.29, 0.717) is 28.6 Å². The maximum absolute atomic E-state index is 13.1. The van der Waals surface area contributed by atoms with Crippen LogP contribution in [0.5, 0.6) is 0 Å². The highest BCUT2D eigenvalue weighted by atomic mass is 16.3. The second-order valence-corrected chi connectivity index (χ2v) is 8.58. The smallest absolute Gasteiger partial charge is 0.263 e. The number of fused-ring (bicyclic) bond motifs is 1. The molecule has 0 radical (unpaired) electrons. The van der Waals surface area contributed by atoms with Crippen molar-refractivity contribution in [2.24, 2.45) is 11.7 Å². The number of nitrogens with one attached hydrogen (secondary N) is 1. The number of piperidine rings is 1. The van der Waals surface area contributed by atoms with E-state index in [0.717, 1.165) is 30.8 Å². The fourth-order valence-corrected chi connectivity index (χ4v) is 4.41. The molecule has 4 heterocycles. The van der Waals surface area contributed by atoms with Gasteiger partial charge < -0.3 is 26.1 Å². The van der Waals surface area contributed by atoms with Crippen molar-refractivity contribution in [2.75, 3.05) is 29.0 Å². The van der Waals surface area contributed by atoms with E-state index < -0.39 is 0 Å². The summed E-state index contributed by atoms with van der Waals surface area (Å²) in [7, 11) is 0. The second kappa shape index (κ2) is 7.28. The third-order valence-corrected chi connectivity index (χ3v) is 5.93. The summed E-state index contributed by atoms with van der Waals surface area (Å²) in [5.41, 5.74) is 16.2. The number of carbonyl (C=O) groups is 1. The number of nitrogen functional groups attached to an aromatic ring is 1. The van der Waals surface area contributed by atoms with Crippen LogP contribution in [0.1, 0.15) is 48.0 Å². The zero-order valence-electron chi connectivity index (χ0n) is 17.0. The Balaban J connectivity index is 1.44. The lowest BCUT2D eigenvalue weighted by molar-refractivity contribution is 0.102. The van der Waals surface area contributed by atoms with E-state index in [4.69, 9.17) is 15.9 Å². The molecule has 5 N–H and O–H groups in total. The third-order valence-electron chi connectivity index (χ3n) is 5.93. The van der Waals surface area contributed by atoms with Gasteiger partial charge in [0.25, 0.3) is 5.91 Å². The van der Waals surface area contributed by atoms with E-state index in [1.54, 1.807) is 12.4 Å². The van der Waals surface area contributed by atoms with Gasteiger partial charge in [-0.2, -0.15) is 0 Å². The molecular formula is C22H26N6O2. The number of nitrogens with zero attached hydrogens (tertiary/aromatic N) is 3. The highest BCUT2D eigenvalue weighted by molar-refractivity contribution is 6.15. The highest BCUT2D eigenvalue weighted by Crippen LogP contribution is 2.41. The quantitative estimate of drug-likeness (QED) is 0.608. The molecule has 2 fully saturated rings. The minimum Gasteiger partial charge on any atom is -0.438 e. The van der Waals surface area contributed by atoms with Gasteiger partial charge in [0.05, 0.1) is 17.6 Å². The molecule has 1 aliphatic carbocycles. The molecule has 5 rings (SSSR count). The molecule has 2 atom stereocenters. The van der Waals surface area contributed by atoms with Gasteiger partial charge in [0.15, 0.2) is 5.58 Å². The largest absolute Gasteiger partial charge is 0.438 e. The monoisotopic (exact) mass is 406 g/mol. The summed E-state index contributed by atoms with van der Waals surface area (Å²) >= 11 is 0. The van der Waals surface area contributed by atoms with Crippen molar-refractivity contribution in [2.45, 2.75) is 38.1 Å². The molecule has 0 bridgehead atoms. The lowest BCUT2D eigenvalue weighted by atomic mass is 9.96. The summed E-state index contributed by atoms with van der Waals surface area (Å²) in [5.74, 6) is 0.731. The van der Waals surface area contributed by atoms with Gasteiger partial charge >= 0.3 is 0 Å². The van der Waals surface area contributed by atoms with Crippen molar-refractivity contribution in [3.8, 4) is 0 Å². The lowest BCUT2D eigenvalue weighted by Crippen LogP contribution is -2.46. The van der Waals surface area contributed by atoms with Crippen LogP contribution in [0.2, 0.25) is 0 Å². The summed E-state index contributed by atoms with van der Waals surface area (Å²) in [6.07, 6.45) is 8.51. The van der Waals surface area contributed by atoms with Crippen molar-refractivity contribution in [3.05, 3.63) is 41.9 Å². The molecule has 3 aromatic rings. The van der Waals surface area contributed by atoms with Gasteiger partial charge in [-0.3, -0.25) is 14.8 Å². The van der Waals surface area contributed by atoms with Crippen molar-refractivity contribution in [3.63, 3.8) is 0 Å². The number of pyridine rings is 2. The lowest BCUT2D eigenvalue weighted by Gasteiger charge is -2.37. The third kappa shape index (κ3) is 3.47. The minimum atomic E-state index is -0.360. The number of anilines is 3. The van der Waals surface area contributed by atoms with Crippen LogP contribution in [0.15, 0.2) is 35.1 Å². The number of furan rings is 1. The second-order valence-electron chi connectivity index (χ2n) is 8.58. The van der Waals surface area contributed by atoms with Gasteiger partial charge in [0.1, 0.15) is 11.1 Å². The van der Waals surface area contributed by atoms with E-state index in [1.807, 2.05) is 18.3 Å². The minimum absolute atomic E-state index is 0.0713. The van der Waals surface area contributed by atoms with Gasteiger partial charge in [-0.25, -0.2) is 0 Å². The van der Waals surface area contributed by atoms with Crippen LogP contribution in [0.3, 0.4) is 0 Å². The SMILES string of the molecule is C[C@H]1C[C@@H](N)CN(c2ccncc2NC(=O)c2c(N)oc3cc(C4CC4)cnc23)C1. The Labute approximate surface area is 174 Å². The van der Waals surface area contributed by atoms with Crippen LogP contribution < -0.4 is 21.7 Å². The zero-order chi connectivity index (χ0) is 20.8. The Morgan fingerprint density at radius 3 is 2.90 bits per heavy atom. The normalized spacial score (nSPS) is 21.7. The Kier molecular flexibility index (Phi) is 4.58. The molecular weight excluding hydrogens is 380 g/mol. The molecule has 1 aliphatic heterocycles. The molecule has 1 amide bonds. The molecule has 0 spiro atoms. The fraction of sp³-hybridized carbons (Fsp3) is 0.409. The summed E-state index contributed by atoms with van der Waals surface area (Å²) in [6.45, 7) is 3.80. The first-order valence-electron chi connectivity index (χ1n) is 10.4. The van der Waals surface area contributed by atoms with Crippen LogP contribution >= 0.6 is 0 Å². The fourth-order valence-electron chi connectivity index (χ4n) is 4.41. The van der Waals surface area contributed by atoms with Gasteiger partial charge in [-0.1, -0.05) is 6.92 Å². The standard InChI is InChI=1S/C22H26N6O2/c1-12-6-15(23)11-28(10-12)17-4-5-25-9-16(17)27-22(29)19-20-18(30-21(19)24)7-14(8-26-20)13-2-3-13/h4-5,7-9,12-13,15H,2-3,6,10-11,23-24H2,1H3,(H,27,29)/t12-,15+/m0/s1. The molecule has 2 aliphatic rings. The molecule has 3 aromatic heterocycles. The molecule has 156 valence electrons. The molecule has 0 unspecified atom stereocenters. The Morgan fingerprint density at radius 1 is 1.30 bits per heavy atom. The van der Waals surface area contributed by atoms with Crippen molar-refractivity contribution in [1.82, 2.24) is 9.97 Å². The van der Waals surface area contributed by atoms with E-state index in [2.05, 4.69) is 27.1 Å². The zero-order valence-corrected chi connectivity index (χ0v) is 17.0. The number of rotatable bonds is 4. The maximum Gasteiger partial charge on any atom is 0.263 e. The van der Waals surface area contributed by atoms with Crippen molar-refractivity contribution >= 4 is 34.3 Å². The maximum atomic E-state index is 13.1. The van der Waals surface area contributed by atoms with Gasteiger partial charge in [-0.05, 0) is 48.8 Å². The summed E-state index contributed by atoms with van der Waals surface area (Å²) in [5, 5.41) is 2.96. The van der Waals surface area contributed by atoms with Gasteiger partial charge in [0.2, 0.25) is 5.88 Å². The van der Waals surface area contributed by atoms with Crippen LogP contribution in [0, 0.1) is 5.92 Å². The summed E-state index contributed by atoms with van der Waals surface area (Å²) in [4.78, 5) is 24.0. The first-order chi connectivity index (χ1) is 14.5. The first kappa shape index (κ1) is 18.9. The van der Waals surface area contributed by atoms with E-state index >= 15 is 0 Å². The molecule has 0 aromatic carbocycles. The van der Waals surface area contributed by atoms with Crippen LogP contribution in [-0.4, -0.2) is 35.0 Å². The Hall–Kier alpha value is -3.13. The average molecular weight is 406 g/mol. The number of carbonyl (C=O) groups excluding carboxylic acids is 1. The molecule has 8 heteroatoms. The Bertz CT molecular complexity index is 1100. The summed E-state index contributed by atoms with van der Waals surface area (Å²) in [6, 6.07) is 3.94. The predicted molar refractivity (Wildman–Crippen MR) is 117 cm³/mol. The average Bonchev–Trinajstić information content (AvgIpc) is 3.49. The van der Waals surface area contributed by atoms with Gasteiger partial charge in [0, 0.05) is 31.5 Å². The highest BCUT2D eigenvalue weighted by Gasteiger charge is 2.28. The van der Waals surface area contributed by atoms with E-state index in [9.17, 15) is 4.79 Å². The van der Waals surface area contributed by atoms with Crippen LogP contribution in [-0.2, 0) is 0 Å². The molecule has 1 saturated carbocycles. The number of nitrogens with two attached hydrogens (primary N) is 2. The number of aromatic nitrogens is 2. The predicted octanol–water partition coefficient (Wildman–Crippen LogP) is 3.11. The van der Waals surface area contributed by atoms with Crippen molar-refractivity contribution < 1.29 is 9.21 Å². The van der Waals surface area contributed by atoms with E-state index in [1.165, 1.54) is 12.8 Å². The molecule has 1 saturated heterocycles. The molecule has 8 nitrogen and oxygen atoms in total. The summed E-state index contributed by atoms with van der Waals surface area (Å²) < 4.78 is 5.66. The van der Waals surface area contributed by atoms with E-state index in [-0.39, 0.29) is 23.4 Å². The van der Waals surface area contributed by atoms with Crippen molar-refractivity contribution in [1.29, 1.82) is 0 Å². The van der Waals surface area contributed by atoms with Gasteiger partial charge in [-0.15, -0.1) is 0 Å².